The second-order valence-electron chi connectivity index (χ2n) is 3.38. The van der Waals surface area contributed by atoms with Gasteiger partial charge >= 0.3 is 0 Å². The van der Waals surface area contributed by atoms with Gasteiger partial charge in [-0.1, -0.05) is 11.6 Å². The van der Waals surface area contributed by atoms with Gasteiger partial charge in [0.1, 0.15) is 5.82 Å². The minimum Gasteiger partial charge on any atom is -0.294 e. The van der Waals surface area contributed by atoms with Gasteiger partial charge < -0.3 is 0 Å². The summed E-state index contributed by atoms with van der Waals surface area (Å²) < 4.78 is 13.8. The van der Waals surface area contributed by atoms with Gasteiger partial charge in [-0.05, 0) is 40.9 Å². The van der Waals surface area contributed by atoms with Gasteiger partial charge in [-0.15, -0.1) is 0 Å². The van der Waals surface area contributed by atoms with E-state index < -0.39 is 5.82 Å². The fraction of sp³-hybridized carbons (Fsp3) is 0.300. The molecule has 0 N–H and O–H groups in total. The molecule has 74 valence electrons. The van der Waals surface area contributed by atoms with Crippen LogP contribution in [0.2, 0.25) is 5.02 Å². The molecule has 0 unspecified atom stereocenters. The first kappa shape index (κ1) is 10.1. The van der Waals surface area contributed by atoms with Crippen LogP contribution < -0.4 is 0 Å². The first-order chi connectivity index (χ1) is 6.59. The molecule has 0 amide bonds. The molecule has 0 spiro atoms. The number of hydrogen-bond donors (Lipinski definition) is 0. The molecule has 2 rings (SSSR count). The summed E-state index contributed by atoms with van der Waals surface area (Å²) in [7, 11) is 0. The number of ketones is 1. The number of benzene rings is 1. The Morgan fingerprint density at radius 1 is 1.50 bits per heavy atom. The van der Waals surface area contributed by atoms with Crippen LogP contribution >= 0.6 is 27.5 Å². The summed E-state index contributed by atoms with van der Waals surface area (Å²) >= 11 is 8.89. The molecular weight excluding hydrogens is 270 g/mol. The molecule has 14 heavy (non-hydrogen) atoms. The highest BCUT2D eigenvalue weighted by Gasteiger charge is 2.32. The predicted octanol–water partition coefficient (Wildman–Crippen LogP) is 3.83. The second-order valence-corrected chi connectivity index (χ2v) is 4.65. The van der Waals surface area contributed by atoms with E-state index in [1.807, 2.05) is 0 Å². The Bertz CT molecular complexity index is 401. The zero-order valence-electron chi connectivity index (χ0n) is 7.19. The van der Waals surface area contributed by atoms with E-state index in [0.29, 0.717) is 9.50 Å². The first-order valence-corrected chi connectivity index (χ1v) is 5.45. The third-order valence-electron chi connectivity index (χ3n) is 2.22. The summed E-state index contributed by atoms with van der Waals surface area (Å²) in [5, 5.41) is 0.371. The van der Waals surface area contributed by atoms with Crippen molar-refractivity contribution < 1.29 is 9.18 Å². The minimum atomic E-state index is -0.502. The van der Waals surface area contributed by atoms with E-state index >= 15 is 0 Å². The van der Waals surface area contributed by atoms with Crippen molar-refractivity contribution in [3.8, 4) is 0 Å². The molecule has 0 bridgehead atoms. The average Bonchev–Trinajstić information content (AvgIpc) is 2.93. The maximum absolute atomic E-state index is 13.4. The minimum absolute atomic E-state index is 0.0155. The molecule has 1 nitrogen and oxygen atoms in total. The number of carbonyl (C=O) groups excluding carboxylic acids is 1. The Kier molecular flexibility index (Phi) is 2.62. The molecule has 1 saturated carbocycles. The highest BCUT2D eigenvalue weighted by atomic mass is 79.9. The summed E-state index contributed by atoms with van der Waals surface area (Å²) in [6.45, 7) is 0. The van der Waals surface area contributed by atoms with Crippen LogP contribution in [0.15, 0.2) is 16.6 Å². The summed E-state index contributed by atoms with van der Waals surface area (Å²) in [5.74, 6) is -0.614. The maximum atomic E-state index is 13.4. The van der Waals surface area contributed by atoms with Gasteiger partial charge in [0.05, 0.1) is 10.6 Å². The normalized spacial score (nSPS) is 15.6. The molecule has 1 aromatic carbocycles. The molecule has 1 aliphatic carbocycles. The second kappa shape index (κ2) is 3.63. The fourth-order valence-electron chi connectivity index (χ4n) is 1.28. The molecule has 4 heteroatoms. The van der Waals surface area contributed by atoms with E-state index in [4.69, 9.17) is 11.6 Å². The van der Waals surface area contributed by atoms with E-state index in [1.54, 1.807) is 0 Å². The van der Waals surface area contributed by atoms with Crippen molar-refractivity contribution in [2.45, 2.75) is 12.8 Å². The zero-order valence-corrected chi connectivity index (χ0v) is 9.53. The molecule has 0 radical (unpaired) electrons. The van der Waals surface area contributed by atoms with Crippen LogP contribution in [-0.4, -0.2) is 5.78 Å². The summed E-state index contributed by atoms with van der Waals surface area (Å²) in [6, 6.07) is 2.62. The van der Waals surface area contributed by atoms with Crippen LogP contribution in [0.5, 0.6) is 0 Å². The Labute approximate surface area is 94.4 Å². The van der Waals surface area contributed by atoms with Crippen LogP contribution in [0.1, 0.15) is 23.2 Å². The summed E-state index contributed by atoms with van der Waals surface area (Å²) in [4.78, 5) is 11.6. The van der Waals surface area contributed by atoms with Crippen LogP contribution in [0.3, 0.4) is 0 Å². The third-order valence-corrected chi connectivity index (χ3v) is 3.42. The van der Waals surface area contributed by atoms with E-state index in [2.05, 4.69) is 15.9 Å². The van der Waals surface area contributed by atoms with Gasteiger partial charge in [-0.25, -0.2) is 4.39 Å². The molecule has 1 aliphatic rings. The van der Waals surface area contributed by atoms with Crippen molar-refractivity contribution in [1.29, 1.82) is 0 Å². The monoisotopic (exact) mass is 276 g/mol. The Hall–Kier alpha value is -0.410. The van der Waals surface area contributed by atoms with Gasteiger partial charge in [0.2, 0.25) is 0 Å². The van der Waals surface area contributed by atoms with Gasteiger partial charge in [-0.3, -0.25) is 4.79 Å². The highest BCUT2D eigenvalue weighted by Crippen LogP contribution is 2.35. The topological polar surface area (TPSA) is 17.1 Å². The van der Waals surface area contributed by atoms with Crippen molar-refractivity contribution in [3.63, 3.8) is 0 Å². The lowest BCUT2D eigenvalue weighted by atomic mass is 10.1. The molecule has 1 aromatic rings. The zero-order chi connectivity index (χ0) is 10.3. The Morgan fingerprint density at radius 2 is 2.14 bits per heavy atom. The lowest BCUT2D eigenvalue weighted by Gasteiger charge is -2.03. The number of rotatable bonds is 2. The summed E-state index contributed by atoms with van der Waals surface area (Å²) in [6.07, 6.45) is 1.73. The molecule has 0 aliphatic heterocycles. The average molecular weight is 278 g/mol. The van der Waals surface area contributed by atoms with Gasteiger partial charge in [0.25, 0.3) is 0 Å². The Balaban J connectivity index is 2.41. The lowest BCUT2D eigenvalue weighted by Crippen LogP contribution is -2.04. The van der Waals surface area contributed by atoms with E-state index in [1.165, 1.54) is 12.1 Å². The van der Waals surface area contributed by atoms with Crippen molar-refractivity contribution in [1.82, 2.24) is 0 Å². The molecule has 0 aromatic heterocycles. The number of carbonyl (C=O) groups is 1. The van der Waals surface area contributed by atoms with Crippen molar-refractivity contribution >= 4 is 33.3 Å². The largest absolute Gasteiger partial charge is 0.294 e. The number of hydrogen-bond acceptors (Lipinski definition) is 1. The summed E-state index contributed by atoms with van der Waals surface area (Å²) in [5.41, 5.74) is 0.112. The molecular formula is C10H7BrClFO. The van der Waals surface area contributed by atoms with Crippen molar-refractivity contribution in [2.24, 2.45) is 5.92 Å². The molecule has 0 saturated heterocycles. The van der Waals surface area contributed by atoms with Crippen LogP contribution in [0.4, 0.5) is 4.39 Å². The first-order valence-electron chi connectivity index (χ1n) is 4.28. The van der Waals surface area contributed by atoms with Crippen LogP contribution in [0, 0.1) is 11.7 Å². The van der Waals surface area contributed by atoms with Gasteiger partial charge in [0, 0.05) is 10.4 Å². The number of Topliss-reactive ketones (excluding diaryl/α,β-unsaturated/α-hetero) is 1. The lowest BCUT2D eigenvalue weighted by molar-refractivity contribution is 0.0963. The molecule has 1 fully saturated rings. The third kappa shape index (κ3) is 1.84. The predicted molar refractivity (Wildman–Crippen MR) is 56.2 cm³/mol. The van der Waals surface area contributed by atoms with Gasteiger partial charge in [0.15, 0.2) is 5.78 Å². The van der Waals surface area contributed by atoms with E-state index in [-0.39, 0.29) is 17.3 Å². The SMILES string of the molecule is O=C(c1cc(Cl)c(Br)cc1F)C1CC1. The quantitative estimate of drug-likeness (QED) is 0.593. The highest BCUT2D eigenvalue weighted by molar-refractivity contribution is 9.10. The maximum Gasteiger partial charge on any atom is 0.168 e. The van der Waals surface area contributed by atoms with Gasteiger partial charge in [-0.2, -0.15) is 0 Å². The van der Waals surface area contributed by atoms with Crippen molar-refractivity contribution in [2.75, 3.05) is 0 Å². The fourth-order valence-corrected chi connectivity index (χ4v) is 1.76. The van der Waals surface area contributed by atoms with Crippen molar-refractivity contribution in [3.05, 3.63) is 33.0 Å². The van der Waals surface area contributed by atoms with Crippen LogP contribution in [0.25, 0.3) is 0 Å². The standard InChI is InChI=1S/C10H7BrClFO/c11-7-4-9(13)6(3-8(7)12)10(14)5-1-2-5/h3-5H,1-2H2. The van der Waals surface area contributed by atoms with E-state index in [0.717, 1.165) is 12.8 Å². The smallest absolute Gasteiger partial charge is 0.168 e. The van der Waals surface area contributed by atoms with E-state index in [9.17, 15) is 9.18 Å². The molecule has 0 heterocycles. The van der Waals surface area contributed by atoms with Crippen LogP contribution in [-0.2, 0) is 0 Å². The Morgan fingerprint density at radius 3 is 2.71 bits per heavy atom. The molecule has 0 atom stereocenters. The number of halogens is 3.